The van der Waals surface area contributed by atoms with E-state index in [1.165, 1.54) is 23.4 Å². The number of thiazole rings is 1. The van der Waals surface area contributed by atoms with Crippen LogP contribution in [0.3, 0.4) is 0 Å². The summed E-state index contributed by atoms with van der Waals surface area (Å²) in [4.78, 5) is 16.7. The molecule has 0 aromatic carbocycles. The molecule has 0 bridgehead atoms. The molecule has 0 unspecified atom stereocenters. The first-order valence-corrected chi connectivity index (χ1v) is 9.90. The summed E-state index contributed by atoms with van der Waals surface area (Å²) in [7, 11) is 0. The summed E-state index contributed by atoms with van der Waals surface area (Å²) >= 11 is 1.76. The number of rotatable bonds is 5. The first-order chi connectivity index (χ1) is 12.2. The lowest BCUT2D eigenvalue weighted by atomic mass is 9.90. The van der Waals surface area contributed by atoms with E-state index in [9.17, 15) is 0 Å². The van der Waals surface area contributed by atoms with Crippen molar-refractivity contribution >= 4 is 17.3 Å². The number of hydrogen-bond acceptors (Lipinski definition) is 7. The predicted octanol–water partition coefficient (Wildman–Crippen LogP) is 2.87. The standard InChI is InChI=1S/C18H25N5OS/c1-14-16(25-13-22-14)11-23-9-6-18(12-23)5-2-4-15(24-18)10-21-17-19-7-3-8-20-17/h3,7-8,13,15H,2,4-6,9-12H2,1H3,(H,19,20,21)/t15-,18-/m0/s1. The highest BCUT2D eigenvalue weighted by Gasteiger charge is 2.42. The Labute approximate surface area is 152 Å². The van der Waals surface area contributed by atoms with Crippen LogP contribution in [0.15, 0.2) is 24.0 Å². The molecule has 2 aliphatic rings. The van der Waals surface area contributed by atoms with Gasteiger partial charge in [0.15, 0.2) is 0 Å². The van der Waals surface area contributed by atoms with Gasteiger partial charge in [-0.05, 0) is 38.7 Å². The Morgan fingerprint density at radius 3 is 3.00 bits per heavy atom. The third kappa shape index (κ3) is 3.99. The van der Waals surface area contributed by atoms with Crippen molar-refractivity contribution in [3.8, 4) is 0 Å². The monoisotopic (exact) mass is 359 g/mol. The molecule has 0 amide bonds. The van der Waals surface area contributed by atoms with E-state index in [0.29, 0.717) is 5.95 Å². The van der Waals surface area contributed by atoms with Gasteiger partial charge in [-0.1, -0.05) is 0 Å². The molecule has 2 aromatic rings. The van der Waals surface area contributed by atoms with Gasteiger partial charge in [0.2, 0.25) is 5.95 Å². The first-order valence-electron chi connectivity index (χ1n) is 9.02. The van der Waals surface area contributed by atoms with Gasteiger partial charge < -0.3 is 10.1 Å². The number of hydrogen-bond donors (Lipinski definition) is 1. The van der Waals surface area contributed by atoms with E-state index >= 15 is 0 Å². The van der Waals surface area contributed by atoms with E-state index in [2.05, 4.69) is 32.1 Å². The van der Waals surface area contributed by atoms with Gasteiger partial charge in [-0.25, -0.2) is 15.0 Å². The van der Waals surface area contributed by atoms with Crippen molar-refractivity contribution in [1.29, 1.82) is 0 Å². The molecule has 25 heavy (non-hydrogen) atoms. The second-order valence-corrected chi connectivity index (χ2v) is 8.03. The van der Waals surface area contributed by atoms with Gasteiger partial charge in [-0.2, -0.15) is 0 Å². The Bertz CT molecular complexity index is 694. The molecule has 6 nitrogen and oxygen atoms in total. The molecule has 2 saturated heterocycles. The molecule has 2 atom stereocenters. The summed E-state index contributed by atoms with van der Waals surface area (Å²) in [6.45, 7) is 6.02. The van der Waals surface area contributed by atoms with Crippen LogP contribution in [0.5, 0.6) is 0 Å². The lowest BCUT2D eigenvalue weighted by molar-refractivity contribution is -0.115. The van der Waals surface area contributed by atoms with Gasteiger partial charge in [0.25, 0.3) is 0 Å². The van der Waals surface area contributed by atoms with Crippen molar-refractivity contribution < 1.29 is 4.74 Å². The predicted molar refractivity (Wildman–Crippen MR) is 98.7 cm³/mol. The third-order valence-corrected chi connectivity index (χ3v) is 6.16. The third-order valence-electron chi connectivity index (χ3n) is 5.24. The smallest absolute Gasteiger partial charge is 0.222 e. The van der Waals surface area contributed by atoms with Crippen LogP contribution in [0.4, 0.5) is 5.95 Å². The lowest BCUT2D eigenvalue weighted by Gasteiger charge is -2.39. The number of ether oxygens (including phenoxy) is 1. The average molecular weight is 359 g/mol. The SMILES string of the molecule is Cc1ncsc1CN1CC[C@@]2(CCC[C@@H](CNc3ncccn3)O2)C1. The van der Waals surface area contributed by atoms with Crippen LogP contribution >= 0.6 is 11.3 Å². The molecule has 134 valence electrons. The summed E-state index contributed by atoms with van der Waals surface area (Å²) in [5, 5.41) is 3.31. The molecular weight excluding hydrogens is 334 g/mol. The molecular formula is C18H25N5OS. The minimum Gasteiger partial charge on any atom is -0.369 e. The quantitative estimate of drug-likeness (QED) is 0.886. The summed E-state index contributed by atoms with van der Waals surface area (Å²) in [6.07, 6.45) is 8.39. The van der Waals surface area contributed by atoms with Crippen molar-refractivity contribution in [2.24, 2.45) is 0 Å². The Morgan fingerprint density at radius 2 is 2.20 bits per heavy atom. The summed E-state index contributed by atoms with van der Waals surface area (Å²) in [6, 6.07) is 1.83. The number of nitrogens with zero attached hydrogens (tertiary/aromatic N) is 4. The number of nitrogens with one attached hydrogen (secondary N) is 1. The zero-order valence-corrected chi connectivity index (χ0v) is 15.5. The van der Waals surface area contributed by atoms with Crippen molar-refractivity contribution in [3.63, 3.8) is 0 Å². The van der Waals surface area contributed by atoms with Crippen molar-refractivity contribution in [2.75, 3.05) is 25.0 Å². The minimum atomic E-state index is 0.0285. The van der Waals surface area contributed by atoms with Crippen LogP contribution < -0.4 is 5.32 Å². The molecule has 2 aliphatic heterocycles. The fourth-order valence-corrected chi connectivity index (χ4v) is 4.72. The van der Waals surface area contributed by atoms with E-state index in [-0.39, 0.29) is 11.7 Å². The van der Waals surface area contributed by atoms with Gasteiger partial charge in [0.1, 0.15) is 0 Å². The van der Waals surface area contributed by atoms with E-state index in [0.717, 1.165) is 39.0 Å². The topological polar surface area (TPSA) is 63.2 Å². The van der Waals surface area contributed by atoms with Gasteiger partial charge in [0.05, 0.1) is 22.9 Å². The van der Waals surface area contributed by atoms with Crippen LogP contribution in [0.2, 0.25) is 0 Å². The van der Waals surface area contributed by atoms with Crippen molar-refractivity contribution in [3.05, 3.63) is 34.5 Å². The van der Waals surface area contributed by atoms with Crippen LogP contribution in [0.1, 0.15) is 36.3 Å². The number of likely N-dealkylation sites (tertiary alicyclic amines) is 1. The molecule has 1 N–H and O–H groups in total. The van der Waals surface area contributed by atoms with Crippen LogP contribution in [0.25, 0.3) is 0 Å². The Balaban J connectivity index is 1.32. The minimum absolute atomic E-state index is 0.0285. The highest BCUT2D eigenvalue weighted by Crippen LogP contribution is 2.37. The second kappa shape index (κ2) is 7.35. The number of aryl methyl sites for hydroxylation is 1. The Kier molecular flexibility index (Phi) is 4.96. The maximum absolute atomic E-state index is 6.56. The zero-order chi connectivity index (χ0) is 17.1. The second-order valence-electron chi connectivity index (χ2n) is 7.09. The fraction of sp³-hybridized carbons (Fsp3) is 0.611. The molecule has 2 fully saturated rings. The van der Waals surface area contributed by atoms with Gasteiger partial charge in [0, 0.05) is 43.4 Å². The molecule has 0 aliphatic carbocycles. The molecule has 4 rings (SSSR count). The summed E-state index contributed by atoms with van der Waals surface area (Å²) < 4.78 is 6.56. The highest BCUT2D eigenvalue weighted by atomic mass is 32.1. The van der Waals surface area contributed by atoms with Crippen molar-refractivity contribution in [2.45, 2.75) is 50.9 Å². The average Bonchev–Trinajstić information content (AvgIpc) is 3.21. The zero-order valence-electron chi connectivity index (χ0n) is 14.6. The van der Waals surface area contributed by atoms with Crippen LogP contribution in [-0.4, -0.2) is 51.2 Å². The fourth-order valence-electron chi connectivity index (χ4n) is 3.91. The number of aromatic nitrogens is 3. The summed E-state index contributed by atoms with van der Waals surface area (Å²) in [5.74, 6) is 0.680. The van der Waals surface area contributed by atoms with Gasteiger partial charge in [-0.3, -0.25) is 4.90 Å². The van der Waals surface area contributed by atoms with Gasteiger partial charge >= 0.3 is 0 Å². The summed E-state index contributed by atoms with van der Waals surface area (Å²) in [5.41, 5.74) is 3.14. The highest BCUT2D eigenvalue weighted by molar-refractivity contribution is 7.09. The van der Waals surface area contributed by atoms with E-state index < -0.39 is 0 Å². The number of anilines is 1. The lowest BCUT2D eigenvalue weighted by Crippen LogP contribution is -2.45. The normalized spacial score (nSPS) is 27.0. The first kappa shape index (κ1) is 16.9. The van der Waals surface area contributed by atoms with Gasteiger partial charge in [-0.15, -0.1) is 11.3 Å². The largest absolute Gasteiger partial charge is 0.369 e. The van der Waals surface area contributed by atoms with E-state index in [1.807, 2.05) is 11.6 Å². The molecule has 1 spiro atoms. The van der Waals surface area contributed by atoms with Crippen molar-refractivity contribution in [1.82, 2.24) is 19.9 Å². The molecule has 7 heteroatoms. The van der Waals surface area contributed by atoms with Crippen LogP contribution in [-0.2, 0) is 11.3 Å². The molecule has 4 heterocycles. The maximum Gasteiger partial charge on any atom is 0.222 e. The molecule has 2 aromatic heterocycles. The molecule has 0 saturated carbocycles. The molecule has 0 radical (unpaired) electrons. The van der Waals surface area contributed by atoms with E-state index in [4.69, 9.17) is 4.74 Å². The maximum atomic E-state index is 6.56. The van der Waals surface area contributed by atoms with Crippen LogP contribution in [0, 0.1) is 6.92 Å². The van der Waals surface area contributed by atoms with E-state index in [1.54, 1.807) is 23.7 Å². The Hall–Kier alpha value is -1.57. The Morgan fingerprint density at radius 1 is 1.32 bits per heavy atom.